The van der Waals surface area contributed by atoms with E-state index < -0.39 is 11.9 Å². The number of carbonyl (C=O) groups excluding carboxylic acids is 1. The Bertz CT molecular complexity index is 513. The molecule has 0 unspecified atom stereocenters. The van der Waals surface area contributed by atoms with Gasteiger partial charge in [-0.25, -0.2) is 4.79 Å². The summed E-state index contributed by atoms with van der Waals surface area (Å²) >= 11 is 3.39. The average molecular weight is 327 g/mol. The van der Waals surface area contributed by atoms with Crippen molar-refractivity contribution in [3.63, 3.8) is 0 Å². The molecule has 1 aromatic rings. The van der Waals surface area contributed by atoms with E-state index in [1.807, 2.05) is 25.1 Å². The normalized spacial score (nSPS) is 14.9. The Morgan fingerprint density at radius 2 is 2.16 bits per heavy atom. The third-order valence-corrected chi connectivity index (χ3v) is 3.70. The summed E-state index contributed by atoms with van der Waals surface area (Å²) in [4.78, 5) is 24.1. The number of amides is 2. The summed E-state index contributed by atoms with van der Waals surface area (Å²) in [5.74, 6) is -1.27. The number of nitrogens with zero attached hydrogens (tertiary/aromatic N) is 1. The number of benzene rings is 1. The summed E-state index contributed by atoms with van der Waals surface area (Å²) in [6, 6.07) is 5.43. The lowest BCUT2D eigenvalue weighted by molar-refractivity contribution is -0.145. The first-order chi connectivity index (χ1) is 9.01. The van der Waals surface area contributed by atoms with E-state index in [1.165, 1.54) is 4.90 Å². The zero-order valence-corrected chi connectivity index (χ0v) is 12.1. The number of halogens is 1. The molecule has 1 saturated heterocycles. The smallest absolute Gasteiger partial charge is 0.321 e. The van der Waals surface area contributed by atoms with E-state index in [9.17, 15) is 9.59 Å². The number of carboxylic acids is 1. The van der Waals surface area contributed by atoms with Gasteiger partial charge in [0, 0.05) is 23.2 Å². The molecular formula is C13H15BrN2O3. The van der Waals surface area contributed by atoms with Gasteiger partial charge in [-0.3, -0.25) is 4.79 Å². The van der Waals surface area contributed by atoms with Gasteiger partial charge < -0.3 is 15.3 Å². The van der Waals surface area contributed by atoms with Crippen LogP contribution in [0.2, 0.25) is 0 Å². The van der Waals surface area contributed by atoms with Crippen LogP contribution in [0.15, 0.2) is 22.7 Å². The Labute approximate surface area is 119 Å². The molecule has 6 heteroatoms. The van der Waals surface area contributed by atoms with Gasteiger partial charge in [0.25, 0.3) is 0 Å². The molecule has 102 valence electrons. The molecule has 0 aromatic heterocycles. The van der Waals surface area contributed by atoms with E-state index in [2.05, 4.69) is 21.2 Å². The number of urea groups is 1. The molecule has 1 heterocycles. The van der Waals surface area contributed by atoms with E-state index in [1.54, 1.807) is 0 Å². The maximum Gasteiger partial charge on any atom is 0.321 e. The Hall–Kier alpha value is -1.56. The predicted octanol–water partition coefficient (Wildman–Crippen LogP) is 2.56. The molecule has 0 spiro atoms. The van der Waals surface area contributed by atoms with Gasteiger partial charge in [0.15, 0.2) is 0 Å². The monoisotopic (exact) mass is 326 g/mol. The molecule has 1 fully saturated rings. The number of aliphatic carboxylic acids is 1. The van der Waals surface area contributed by atoms with Crippen LogP contribution in [0.25, 0.3) is 0 Å². The lowest BCUT2D eigenvalue weighted by Gasteiger charge is -2.36. The van der Waals surface area contributed by atoms with Gasteiger partial charge in [-0.1, -0.05) is 22.9 Å². The van der Waals surface area contributed by atoms with Crippen LogP contribution in [0.3, 0.4) is 0 Å². The van der Waals surface area contributed by atoms with Crippen LogP contribution in [-0.2, 0) is 11.2 Å². The first-order valence-electron chi connectivity index (χ1n) is 6.08. The van der Waals surface area contributed by atoms with Gasteiger partial charge in [0.2, 0.25) is 0 Å². The first kappa shape index (κ1) is 13.9. The largest absolute Gasteiger partial charge is 0.481 e. The van der Waals surface area contributed by atoms with Crippen molar-refractivity contribution in [2.75, 3.05) is 18.4 Å². The molecule has 0 atom stereocenters. The SMILES string of the molecule is CCc1cc(Br)ccc1NC(=O)N1CC(C(=O)O)C1. The molecule has 0 aliphatic carbocycles. The minimum Gasteiger partial charge on any atom is -0.481 e. The van der Waals surface area contributed by atoms with Crippen molar-refractivity contribution in [3.05, 3.63) is 28.2 Å². The standard InChI is InChI=1S/C13H15BrN2O3/c1-2-8-5-10(14)3-4-11(8)15-13(19)16-6-9(7-16)12(17)18/h3-5,9H,2,6-7H2,1H3,(H,15,19)(H,17,18). The van der Waals surface area contributed by atoms with Gasteiger partial charge in [0.1, 0.15) is 0 Å². The fourth-order valence-electron chi connectivity index (χ4n) is 1.97. The molecular weight excluding hydrogens is 312 g/mol. The summed E-state index contributed by atoms with van der Waals surface area (Å²) in [6.07, 6.45) is 0.812. The number of nitrogens with one attached hydrogen (secondary N) is 1. The van der Waals surface area contributed by atoms with Crippen molar-refractivity contribution in [1.82, 2.24) is 4.90 Å². The van der Waals surface area contributed by atoms with Gasteiger partial charge in [-0.2, -0.15) is 0 Å². The van der Waals surface area contributed by atoms with Crippen molar-refractivity contribution < 1.29 is 14.7 Å². The van der Waals surface area contributed by atoms with Gasteiger partial charge in [-0.05, 0) is 30.2 Å². The number of hydrogen-bond donors (Lipinski definition) is 2. The van der Waals surface area contributed by atoms with E-state index in [4.69, 9.17) is 5.11 Å². The van der Waals surface area contributed by atoms with E-state index in [0.29, 0.717) is 0 Å². The molecule has 5 nitrogen and oxygen atoms in total. The molecule has 0 saturated carbocycles. The molecule has 0 bridgehead atoms. The number of likely N-dealkylation sites (tertiary alicyclic amines) is 1. The topological polar surface area (TPSA) is 69.6 Å². The van der Waals surface area contributed by atoms with Crippen molar-refractivity contribution in [2.45, 2.75) is 13.3 Å². The van der Waals surface area contributed by atoms with Crippen molar-refractivity contribution in [1.29, 1.82) is 0 Å². The lowest BCUT2D eigenvalue weighted by atomic mass is 10.0. The third kappa shape index (κ3) is 3.07. The molecule has 2 amide bonds. The molecule has 2 rings (SSSR count). The maximum absolute atomic E-state index is 11.9. The van der Waals surface area contributed by atoms with Crippen LogP contribution < -0.4 is 5.32 Å². The van der Waals surface area contributed by atoms with Crippen LogP contribution in [0, 0.1) is 5.92 Å². The number of aryl methyl sites for hydroxylation is 1. The Morgan fingerprint density at radius 1 is 1.47 bits per heavy atom. The highest BCUT2D eigenvalue weighted by atomic mass is 79.9. The van der Waals surface area contributed by atoms with E-state index in [-0.39, 0.29) is 19.1 Å². The number of carbonyl (C=O) groups is 2. The molecule has 2 N–H and O–H groups in total. The van der Waals surface area contributed by atoms with Crippen LogP contribution in [-0.4, -0.2) is 35.1 Å². The third-order valence-electron chi connectivity index (χ3n) is 3.21. The van der Waals surface area contributed by atoms with Crippen LogP contribution in [0.1, 0.15) is 12.5 Å². The number of carboxylic acid groups (broad SMARTS) is 1. The molecule has 0 radical (unpaired) electrons. The second-order valence-electron chi connectivity index (χ2n) is 4.53. The van der Waals surface area contributed by atoms with Crippen LogP contribution in [0.5, 0.6) is 0 Å². The first-order valence-corrected chi connectivity index (χ1v) is 6.87. The molecule has 1 aliphatic rings. The fraction of sp³-hybridized carbons (Fsp3) is 0.385. The predicted molar refractivity (Wildman–Crippen MR) is 75.2 cm³/mol. The lowest BCUT2D eigenvalue weighted by Crippen LogP contribution is -2.54. The van der Waals surface area contributed by atoms with Gasteiger partial charge in [0.05, 0.1) is 5.92 Å². The minimum atomic E-state index is -0.845. The zero-order chi connectivity index (χ0) is 14.0. The highest BCUT2D eigenvalue weighted by Crippen LogP contribution is 2.23. The number of hydrogen-bond acceptors (Lipinski definition) is 2. The quantitative estimate of drug-likeness (QED) is 0.896. The highest BCUT2D eigenvalue weighted by Gasteiger charge is 2.35. The highest BCUT2D eigenvalue weighted by molar-refractivity contribution is 9.10. The second kappa shape index (κ2) is 5.61. The van der Waals surface area contributed by atoms with E-state index in [0.717, 1.165) is 22.1 Å². The summed E-state index contributed by atoms with van der Waals surface area (Å²) in [6.45, 7) is 2.57. The molecule has 1 aliphatic heterocycles. The summed E-state index contributed by atoms with van der Waals surface area (Å²) in [5.41, 5.74) is 1.81. The van der Waals surface area contributed by atoms with Crippen molar-refractivity contribution >= 4 is 33.6 Å². The average Bonchev–Trinajstić information content (AvgIpc) is 2.28. The number of anilines is 1. The zero-order valence-electron chi connectivity index (χ0n) is 10.5. The van der Waals surface area contributed by atoms with Crippen molar-refractivity contribution in [2.24, 2.45) is 5.92 Å². The minimum absolute atomic E-state index is 0.241. The summed E-state index contributed by atoms with van der Waals surface area (Å²) in [5, 5.41) is 11.6. The summed E-state index contributed by atoms with van der Waals surface area (Å²) in [7, 11) is 0. The van der Waals surface area contributed by atoms with E-state index >= 15 is 0 Å². The molecule has 19 heavy (non-hydrogen) atoms. The van der Waals surface area contributed by atoms with Crippen LogP contribution >= 0.6 is 15.9 Å². The maximum atomic E-state index is 11.9. The molecule has 1 aromatic carbocycles. The van der Waals surface area contributed by atoms with Crippen molar-refractivity contribution in [3.8, 4) is 0 Å². The Kier molecular flexibility index (Phi) is 4.09. The van der Waals surface area contributed by atoms with Gasteiger partial charge in [-0.15, -0.1) is 0 Å². The fourth-order valence-corrected chi connectivity index (χ4v) is 2.38. The Balaban J connectivity index is 1.98. The number of rotatable bonds is 3. The summed E-state index contributed by atoms with van der Waals surface area (Å²) < 4.78 is 0.970. The van der Waals surface area contributed by atoms with Gasteiger partial charge >= 0.3 is 12.0 Å². The van der Waals surface area contributed by atoms with Crippen LogP contribution in [0.4, 0.5) is 10.5 Å². The Morgan fingerprint density at radius 3 is 2.74 bits per heavy atom. The second-order valence-corrected chi connectivity index (χ2v) is 5.44.